The van der Waals surface area contributed by atoms with Crippen LogP contribution in [0.5, 0.6) is 0 Å². The molecule has 0 amide bonds. The minimum absolute atomic E-state index is 0.524. The number of aryl methyl sites for hydroxylation is 2. The van der Waals surface area contributed by atoms with Crippen molar-refractivity contribution in [3.8, 4) is 0 Å². The molecule has 1 N–H and O–H groups in total. The fraction of sp³-hybridized carbons (Fsp3) is 0.308. The lowest BCUT2D eigenvalue weighted by molar-refractivity contribution is 0.168. The SMILES string of the molecule is Cn1cc(CCC(O)c2ccccc2Cl)cn1. The number of halogens is 1. The zero-order valence-corrected chi connectivity index (χ0v) is 10.4. The molecule has 0 bridgehead atoms. The van der Waals surface area contributed by atoms with Crippen molar-refractivity contribution < 1.29 is 5.11 Å². The molecule has 0 radical (unpaired) electrons. The molecule has 1 aromatic carbocycles. The van der Waals surface area contributed by atoms with Gasteiger partial charge in [-0.25, -0.2) is 0 Å². The van der Waals surface area contributed by atoms with Crippen LogP contribution >= 0.6 is 11.6 Å². The van der Waals surface area contributed by atoms with Crippen LogP contribution in [-0.4, -0.2) is 14.9 Å². The molecule has 0 aliphatic heterocycles. The maximum absolute atomic E-state index is 10.1. The summed E-state index contributed by atoms with van der Waals surface area (Å²) in [6, 6.07) is 7.40. The van der Waals surface area contributed by atoms with Gasteiger partial charge in [0.2, 0.25) is 0 Å². The second-order valence-electron chi connectivity index (χ2n) is 4.10. The minimum Gasteiger partial charge on any atom is -0.388 e. The highest BCUT2D eigenvalue weighted by atomic mass is 35.5. The number of nitrogens with zero attached hydrogens (tertiary/aromatic N) is 2. The summed E-state index contributed by atoms with van der Waals surface area (Å²) in [6.45, 7) is 0. The normalized spacial score (nSPS) is 12.6. The molecule has 0 aliphatic carbocycles. The zero-order valence-electron chi connectivity index (χ0n) is 9.68. The molecular formula is C13H15ClN2O. The van der Waals surface area contributed by atoms with E-state index >= 15 is 0 Å². The summed E-state index contributed by atoms with van der Waals surface area (Å²) >= 11 is 6.03. The molecule has 90 valence electrons. The van der Waals surface area contributed by atoms with E-state index < -0.39 is 6.10 Å². The van der Waals surface area contributed by atoms with Crippen molar-refractivity contribution in [2.75, 3.05) is 0 Å². The Balaban J connectivity index is 1.98. The van der Waals surface area contributed by atoms with Crippen LogP contribution in [0.3, 0.4) is 0 Å². The molecule has 0 spiro atoms. The van der Waals surface area contributed by atoms with Crippen molar-refractivity contribution in [1.29, 1.82) is 0 Å². The van der Waals surface area contributed by atoms with Gasteiger partial charge in [0.1, 0.15) is 0 Å². The van der Waals surface area contributed by atoms with Crippen LogP contribution in [0.1, 0.15) is 23.7 Å². The Hall–Kier alpha value is -1.32. The molecule has 2 aromatic rings. The molecule has 3 nitrogen and oxygen atoms in total. The van der Waals surface area contributed by atoms with Crippen LogP contribution < -0.4 is 0 Å². The standard InChI is InChI=1S/C13H15ClN2O/c1-16-9-10(8-15-16)6-7-13(17)11-4-2-3-5-12(11)14/h2-5,8-9,13,17H,6-7H2,1H3. The zero-order chi connectivity index (χ0) is 12.3. The molecule has 1 atom stereocenters. The predicted molar refractivity (Wildman–Crippen MR) is 67.9 cm³/mol. The quantitative estimate of drug-likeness (QED) is 0.906. The summed E-state index contributed by atoms with van der Waals surface area (Å²) in [4.78, 5) is 0. The first-order valence-electron chi connectivity index (χ1n) is 5.57. The van der Waals surface area contributed by atoms with E-state index in [-0.39, 0.29) is 0 Å². The molecule has 1 heterocycles. The highest BCUT2D eigenvalue weighted by Crippen LogP contribution is 2.25. The summed E-state index contributed by atoms with van der Waals surface area (Å²) < 4.78 is 1.76. The van der Waals surface area contributed by atoms with Gasteiger partial charge in [-0.05, 0) is 30.0 Å². The van der Waals surface area contributed by atoms with Crippen LogP contribution in [0.15, 0.2) is 36.7 Å². The first-order valence-corrected chi connectivity index (χ1v) is 5.94. The van der Waals surface area contributed by atoms with Crippen LogP contribution in [0, 0.1) is 0 Å². The fourth-order valence-corrected chi connectivity index (χ4v) is 2.07. The van der Waals surface area contributed by atoms with Gasteiger partial charge in [0.25, 0.3) is 0 Å². The summed E-state index contributed by atoms with van der Waals surface area (Å²) in [5.41, 5.74) is 1.91. The molecule has 0 fully saturated rings. The van der Waals surface area contributed by atoms with Crippen molar-refractivity contribution in [2.24, 2.45) is 7.05 Å². The number of hydrogen-bond acceptors (Lipinski definition) is 2. The van der Waals surface area contributed by atoms with E-state index in [0.717, 1.165) is 17.5 Å². The number of rotatable bonds is 4. The number of benzene rings is 1. The molecular weight excluding hydrogens is 236 g/mol. The van der Waals surface area contributed by atoms with E-state index in [4.69, 9.17) is 11.6 Å². The lowest BCUT2D eigenvalue weighted by Gasteiger charge is -2.11. The smallest absolute Gasteiger partial charge is 0.0807 e. The lowest BCUT2D eigenvalue weighted by atomic mass is 10.0. The van der Waals surface area contributed by atoms with Crippen molar-refractivity contribution in [3.63, 3.8) is 0 Å². The van der Waals surface area contributed by atoms with Crippen molar-refractivity contribution >= 4 is 11.6 Å². The van der Waals surface area contributed by atoms with Crippen molar-refractivity contribution in [1.82, 2.24) is 9.78 Å². The monoisotopic (exact) mass is 250 g/mol. The number of aliphatic hydroxyl groups excluding tert-OH is 1. The van der Waals surface area contributed by atoms with Gasteiger partial charge >= 0.3 is 0 Å². The molecule has 1 unspecified atom stereocenters. The van der Waals surface area contributed by atoms with Crippen LogP contribution in [0.4, 0.5) is 0 Å². The van der Waals surface area contributed by atoms with Gasteiger partial charge in [-0.1, -0.05) is 29.8 Å². The Labute approximate surface area is 106 Å². The largest absolute Gasteiger partial charge is 0.388 e. The van der Waals surface area contributed by atoms with E-state index in [0.29, 0.717) is 11.4 Å². The van der Waals surface area contributed by atoms with E-state index in [1.54, 1.807) is 10.7 Å². The predicted octanol–water partition coefficient (Wildman–Crippen LogP) is 2.74. The van der Waals surface area contributed by atoms with Crippen LogP contribution in [-0.2, 0) is 13.5 Å². The van der Waals surface area contributed by atoms with E-state index in [1.807, 2.05) is 37.6 Å². The van der Waals surface area contributed by atoms with Gasteiger partial charge in [0.05, 0.1) is 12.3 Å². The number of aromatic nitrogens is 2. The van der Waals surface area contributed by atoms with Gasteiger partial charge in [-0.15, -0.1) is 0 Å². The number of aliphatic hydroxyl groups is 1. The Morgan fingerprint density at radius 1 is 1.41 bits per heavy atom. The average Bonchev–Trinajstić information content (AvgIpc) is 2.73. The van der Waals surface area contributed by atoms with E-state index in [9.17, 15) is 5.11 Å². The average molecular weight is 251 g/mol. The van der Waals surface area contributed by atoms with E-state index in [1.165, 1.54) is 0 Å². The Kier molecular flexibility index (Phi) is 3.82. The maximum atomic E-state index is 10.1. The maximum Gasteiger partial charge on any atom is 0.0807 e. The summed E-state index contributed by atoms with van der Waals surface area (Å²) in [5.74, 6) is 0. The third-order valence-electron chi connectivity index (χ3n) is 2.73. The topological polar surface area (TPSA) is 38.0 Å². The van der Waals surface area contributed by atoms with Crippen molar-refractivity contribution in [2.45, 2.75) is 18.9 Å². The van der Waals surface area contributed by atoms with Gasteiger partial charge in [-0.2, -0.15) is 5.10 Å². The van der Waals surface area contributed by atoms with Gasteiger partial charge < -0.3 is 5.11 Å². The fourth-order valence-electron chi connectivity index (χ4n) is 1.81. The molecule has 1 aromatic heterocycles. The molecule has 2 rings (SSSR count). The summed E-state index contributed by atoms with van der Waals surface area (Å²) in [7, 11) is 1.88. The van der Waals surface area contributed by atoms with Gasteiger partial charge in [-0.3, -0.25) is 4.68 Å². The van der Waals surface area contributed by atoms with Crippen LogP contribution in [0.2, 0.25) is 5.02 Å². The Morgan fingerprint density at radius 2 is 2.18 bits per heavy atom. The van der Waals surface area contributed by atoms with E-state index in [2.05, 4.69) is 5.10 Å². The second-order valence-corrected chi connectivity index (χ2v) is 4.51. The molecule has 0 saturated carbocycles. The van der Waals surface area contributed by atoms with Gasteiger partial charge in [0.15, 0.2) is 0 Å². The van der Waals surface area contributed by atoms with Crippen molar-refractivity contribution in [3.05, 3.63) is 52.8 Å². The number of hydrogen-bond donors (Lipinski definition) is 1. The van der Waals surface area contributed by atoms with Crippen LogP contribution in [0.25, 0.3) is 0 Å². The second kappa shape index (κ2) is 5.34. The highest BCUT2D eigenvalue weighted by Gasteiger charge is 2.11. The first-order chi connectivity index (χ1) is 8.16. The third kappa shape index (κ3) is 3.08. The highest BCUT2D eigenvalue weighted by molar-refractivity contribution is 6.31. The third-order valence-corrected chi connectivity index (χ3v) is 3.07. The Morgan fingerprint density at radius 3 is 2.82 bits per heavy atom. The lowest BCUT2D eigenvalue weighted by Crippen LogP contribution is -2.00. The Bertz CT molecular complexity index is 496. The molecule has 0 saturated heterocycles. The first kappa shape index (κ1) is 12.1. The molecule has 4 heteroatoms. The minimum atomic E-state index is -0.524. The molecule has 17 heavy (non-hydrogen) atoms. The summed E-state index contributed by atoms with van der Waals surface area (Å²) in [6.07, 6.45) is 4.69. The van der Waals surface area contributed by atoms with Gasteiger partial charge in [0, 0.05) is 18.3 Å². The molecule has 0 aliphatic rings. The summed E-state index contributed by atoms with van der Waals surface area (Å²) in [5, 5.41) is 14.8.